The second-order valence-corrected chi connectivity index (χ2v) is 9.25. The normalized spacial score (nSPS) is 14.6. The summed E-state index contributed by atoms with van der Waals surface area (Å²) in [4.78, 5) is 28.0. The Morgan fingerprint density at radius 2 is 2.06 bits per heavy atom. The summed E-state index contributed by atoms with van der Waals surface area (Å²) < 4.78 is 10.2. The van der Waals surface area contributed by atoms with Crippen LogP contribution >= 0.6 is 22.9 Å². The van der Waals surface area contributed by atoms with Crippen LogP contribution < -0.4 is 5.32 Å². The van der Waals surface area contributed by atoms with Gasteiger partial charge in [0.25, 0.3) is 6.47 Å². The lowest BCUT2D eigenvalue weighted by Gasteiger charge is -2.41. The average Bonchev–Trinajstić information content (AvgIpc) is 3.53. The van der Waals surface area contributed by atoms with Crippen molar-refractivity contribution in [3.05, 3.63) is 63.9 Å². The van der Waals surface area contributed by atoms with Crippen LogP contribution in [-0.2, 0) is 26.2 Å². The van der Waals surface area contributed by atoms with Gasteiger partial charge in [-0.1, -0.05) is 47.1 Å². The van der Waals surface area contributed by atoms with Crippen LogP contribution in [0.25, 0.3) is 0 Å². The number of ether oxygens (including phenoxy) is 1. The Bertz CT molecular complexity index is 1070. The fourth-order valence-corrected chi connectivity index (χ4v) is 5.21. The van der Waals surface area contributed by atoms with Gasteiger partial charge in [-0.05, 0) is 18.4 Å². The van der Waals surface area contributed by atoms with Crippen LogP contribution in [0.5, 0.6) is 0 Å². The van der Waals surface area contributed by atoms with Crippen molar-refractivity contribution < 1.29 is 24.0 Å². The van der Waals surface area contributed by atoms with Crippen molar-refractivity contribution in [2.24, 2.45) is 0 Å². The van der Waals surface area contributed by atoms with E-state index in [1.807, 2.05) is 11.0 Å². The molecule has 1 aromatic carbocycles. The second-order valence-electron chi connectivity index (χ2n) is 8.01. The fraction of sp³-hybridized carbons (Fsp3) is 0.417. The third-order valence-corrected chi connectivity index (χ3v) is 6.97. The number of rotatable bonds is 9. The molecule has 1 aliphatic rings. The summed E-state index contributed by atoms with van der Waals surface area (Å²) in [5.74, 6) is 0.759. The number of nitrogens with one attached hydrogen (secondary N) is 1. The zero-order valence-corrected chi connectivity index (χ0v) is 21.1. The lowest BCUT2D eigenvalue weighted by molar-refractivity contribution is -0.132. The lowest BCUT2D eigenvalue weighted by atomic mass is 9.70. The molecule has 3 heterocycles. The predicted molar refractivity (Wildman–Crippen MR) is 134 cm³/mol. The molecule has 11 heteroatoms. The molecule has 9 nitrogen and oxygen atoms in total. The molecule has 0 saturated carbocycles. The summed E-state index contributed by atoms with van der Waals surface area (Å²) in [5.41, 5.74) is 2.11. The van der Waals surface area contributed by atoms with Crippen LogP contribution in [0.15, 0.2) is 46.3 Å². The number of carbonyl (C=O) groups excluding carboxylic acids is 1. The Morgan fingerprint density at radius 3 is 2.69 bits per heavy atom. The van der Waals surface area contributed by atoms with Gasteiger partial charge in [0, 0.05) is 56.4 Å². The maximum absolute atomic E-state index is 12.8. The zero-order chi connectivity index (χ0) is 25.1. The number of halogens is 1. The van der Waals surface area contributed by atoms with Crippen molar-refractivity contribution in [3.8, 4) is 0 Å². The van der Waals surface area contributed by atoms with E-state index in [2.05, 4.69) is 40.1 Å². The van der Waals surface area contributed by atoms with E-state index in [-0.39, 0.29) is 17.8 Å². The number of benzene rings is 1. The van der Waals surface area contributed by atoms with Gasteiger partial charge in [-0.2, -0.15) is 0 Å². The predicted octanol–water partition coefficient (Wildman–Crippen LogP) is 4.08. The molecule has 35 heavy (non-hydrogen) atoms. The summed E-state index contributed by atoms with van der Waals surface area (Å²) in [7, 11) is 1.69. The molecular formula is C24H29ClN4O5S. The van der Waals surface area contributed by atoms with E-state index in [4.69, 9.17) is 35.7 Å². The molecule has 1 saturated heterocycles. The molecule has 0 unspecified atom stereocenters. The Kier molecular flexibility index (Phi) is 10.1. The van der Waals surface area contributed by atoms with Gasteiger partial charge in [-0.25, -0.2) is 4.98 Å². The molecular weight excluding hydrogens is 492 g/mol. The van der Waals surface area contributed by atoms with E-state index in [0.29, 0.717) is 43.5 Å². The summed E-state index contributed by atoms with van der Waals surface area (Å²) in [6, 6.07) is 12.2. The first-order valence-electron chi connectivity index (χ1n) is 11.2. The lowest BCUT2D eigenvalue weighted by Crippen LogP contribution is -2.46. The number of hydrogen-bond acceptors (Lipinski definition) is 8. The van der Waals surface area contributed by atoms with Crippen LogP contribution in [-0.4, -0.2) is 65.9 Å². The number of hydrogen-bond donors (Lipinski definition) is 2. The maximum Gasteiger partial charge on any atom is 0.290 e. The van der Waals surface area contributed by atoms with Crippen molar-refractivity contribution in [2.75, 3.05) is 38.7 Å². The van der Waals surface area contributed by atoms with Gasteiger partial charge in [0.15, 0.2) is 10.3 Å². The molecule has 1 aliphatic heterocycles. The van der Waals surface area contributed by atoms with Crippen LogP contribution in [0.4, 0.5) is 5.13 Å². The number of likely N-dealkylation sites (tertiary alicyclic amines) is 1. The quantitative estimate of drug-likeness (QED) is 0.320. The van der Waals surface area contributed by atoms with Crippen molar-refractivity contribution in [3.63, 3.8) is 0 Å². The largest absolute Gasteiger partial charge is 0.483 e. The third-order valence-electron chi connectivity index (χ3n) is 5.99. The molecule has 2 aromatic heterocycles. The van der Waals surface area contributed by atoms with E-state index < -0.39 is 0 Å². The van der Waals surface area contributed by atoms with Gasteiger partial charge in [0.1, 0.15) is 5.76 Å². The Balaban J connectivity index is 0.00000108. The fourth-order valence-electron chi connectivity index (χ4n) is 4.22. The maximum atomic E-state index is 12.8. The van der Waals surface area contributed by atoms with Crippen LogP contribution in [0, 0.1) is 0 Å². The van der Waals surface area contributed by atoms with Gasteiger partial charge in [-0.15, -0.1) is 11.3 Å². The number of aryl methyl sites for hydroxylation is 1. The molecule has 1 amide bonds. The van der Waals surface area contributed by atoms with Gasteiger partial charge in [0.2, 0.25) is 5.91 Å². The highest BCUT2D eigenvalue weighted by atomic mass is 35.5. The first-order chi connectivity index (χ1) is 17.0. The first-order valence-corrected chi connectivity index (χ1v) is 12.5. The number of thiazole rings is 1. The Labute approximate surface area is 213 Å². The van der Waals surface area contributed by atoms with Crippen LogP contribution in [0.3, 0.4) is 0 Å². The molecule has 2 N–H and O–H groups in total. The molecule has 188 valence electrons. The molecule has 0 atom stereocenters. The van der Waals surface area contributed by atoms with Crippen molar-refractivity contribution in [1.82, 2.24) is 15.0 Å². The molecule has 3 aromatic rings. The topological polar surface area (TPSA) is 118 Å². The second kappa shape index (κ2) is 13.2. The summed E-state index contributed by atoms with van der Waals surface area (Å²) >= 11 is 7.41. The number of carbonyl (C=O) groups is 2. The zero-order valence-electron chi connectivity index (χ0n) is 19.5. The number of nitrogens with zero attached hydrogens (tertiary/aromatic N) is 3. The number of methoxy groups -OCH3 is 1. The minimum Gasteiger partial charge on any atom is -0.483 e. The van der Waals surface area contributed by atoms with E-state index in [0.717, 1.165) is 30.2 Å². The highest BCUT2D eigenvalue weighted by Crippen LogP contribution is 2.42. The highest BCUT2D eigenvalue weighted by molar-refractivity contribution is 7.13. The minimum atomic E-state index is -0.250. The van der Waals surface area contributed by atoms with Crippen molar-refractivity contribution >= 4 is 40.4 Å². The van der Waals surface area contributed by atoms with Gasteiger partial charge < -0.3 is 24.6 Å². The summed E-state index contributed by atoms with van der Waals surface area (Å²) in [5, 5.41) is 17.2. The number of aromatic nitrogens is 2. The van der Waals surface area contributed by atoms with E-state index in [1.54, 1.807) is 24.5 Å². The van der Waals surface area contributed by atoms with Crippen molar-refractivity contribution in [2.45, 2.75) is 31.1 Å². The Morgan fingerprint density at radius 1 is 1.34 bits per heavy atom. The van der Waals surface area contributed by atoms with E-state index in [1.165, 1.54) is 5.56 Å². The van der Waals surface area contributed by atoms with Gasteiger partial charge in [-0.3, -0.25) is 9.59 Å². The molecule has 0 aliphatic carbocycles. The van der Waals surface area contributed by atoms with E-state index >= 15 is 0 Å². The van der Waals surface area contributed by atoms with Crippen LogP contribution in [0.1, 0.15) is 36.3 Å². The minimum absolute atomic E-state index is 0.124. The first kappa shape index (κ1) is 26.7. The number of anilines is 1. The number of amides is 1. The smallest absolute Gasteiger partial charge is 0.290 e. The summed E-state index contributed by atoms with van der Waals surface area (Å²) in [6.07, 6.45) is 2.55. The third kappa shape index (κ3) is 7.03. The van der Waals surface area contributed by atoms with Gasteiger partial charge >= 0.3 is 0 Å². The highest BCUT2D eigenvalue weighted by Gasteiger charge is 2.40. The van der Waals surface area contributed by atoms with E-state index in [9.17, 15) is 4.79 Å². The van der Waals surface area contributed by atoms with Crippen molar-refractivity contribution in [1.29, 1.82) is 0 Å². The molecule has 1 fully saturated rings. The average molecular weight is 521 g/mol. The SMILES string of the molecule is COCCNc1nc(C2(c3ccccc3)CCN(C(=O)CCc3cc(Cl)no3)CC2)cs1.O=CO. The molecule has 4 rings (SSSR count). The number of piperidine rings is 1. The monoisotopic (exact) mass is 520 g/mol. The Hall–Kier alpha value is -2.95. The summed E-state index contributed by atoms with van der Waals surface area (Å²) in [6.45, 7) is 2.49. The van der Waals surface area contributed by atoms with Crippen LogP contribution in [0.2, 0.25) is 5.15 Å². The molecule has 0 bridgehead atoms. The molecule has 0 radical (unpaired) electrons. The standard InChI is InChI=1S/C23H27ClN4O3S.CH2O2/c1-30-14-11-25-22-26-19(16-32-22)23(17-5-3-2-4-6-17)9-12-28(13-10-23)21(29)8-7-18-15-20(24)27-31-18;2-1-3/h2-6,15-16H,7-14H2,1H3,(H,25,26);1H,(H,2,3). The number of carboxylic acid groups (broad SMARTS) is 1. The van der Waals surface area contributed by atoms with Gasteiger partial charge in [0.05, 0.1) is 12.3 Å². The molecule has 0 spiro atoms.